The summed E-state index contributed by atoms with van der Waals surface area (Å²) in [6, 6.07) is 0. The number of rotatable bonds is 2. The fraction of sp³-hybridized carbons (Fsp3) is 0.857. The molecule has 0 aromatic carbocycles. The summed E-state index contributed by atoms with van der Waals surface area (Å²) in [6.07, 6.45) is 0. The van der Waals surface area contributed by atoms with Gasteiger partial charge in [-0.1, -0.05) is 4.74 Å². The monoisotopic (exact) mass is 240 g/mol. The molecule has 0 bridgehead atoms. The van der Waals surface area contributed by atoms with Crippen LogP contribution in [-0.4, -0.2) is 43.3 Å². The number of hydroxylamine groups is 1. The average Bonchev–Trinajstić information content (AvgIpc) is 1.94. The zero-order valence-corrected chi connectivity index (χ0v) is 10.3. The lowest BCUT2D eigenvalue weighted by Gasteiger charge is -2.18. The van der Waals surface area contributed by atoms with Crippen molar-refractivity contribution in [1.29, 1.82) is 0 Å². The highest BCUT2D eigenvalue weighted by Crippen LogP contribution is 1.97. The lowest BCUT2D eigenvalue weighted by molar-refractivity contribution is -0.728. The highest BCUT2D eigenvalue weighted by Gasteiger charge is 2.21. The smallest absolute Gasteiger partial charge is 0.278 e. The van der Waals surface area contributed by atoms with Crippen LogP contribution in [0.4, 0.5) is 0 Å². The maximum Gasteiger partial charge on any atom is 0.476 e. The van der Waals surface area contributed by atoms with E-state index in [0.29, 0.717) is 5.96 Å². The molecule has 0 heterocycles. The number of guanidine groups is 1. The number of nitrogens with one attached hydrogen (secondary N) is 2. The molecule has 0 aliphatic carbocycles. The third-order valence-corrected chi connectivity index (χ3v) is 1.66. The van der Waals surface area contributed by atoms with Crippen LogP contribution in [0, 0.1) is 0 Å². The highest BCUT2D eigenvalue weighted by atomic mass is 32.3. The van der Waals surface area contributed by atoms with E-state index in [4.69, 9.17) is 4.55 Å². The highest BCUT2D eigenvalue weighted by molar-refractivity contribution is 7.80. The van der Waals surface area contributed by atoms with Gasteiger partial charge in [0.25, 0.3) is 0 Å². The van der Waals surface area contributed by atoms with Gasteiger partial charge in [0.2, 0.25) is 0 Å². The summed E-state index contributed by atoms with van der Waals surface area (Å²) < 4.78 is 34.5. The van der Waals surface area contributed by atoms with Gasteiger partial charge < -0.3 is 0 Å². The van der Waals surface area contributed by atoms with Gasteiger partial charge in [-0.05, 0) is 20.8 Å². The van der Waals surface area contributed by atoms with Gasteiger partial charge in [-0.25, -0.2) is 4.28 Å². The van der Waals surface area contributed by atoms with Crippen molar-refractivity contribution in [2.45, 2.75) is 26.3 Å². The molecule has 0 aliphatic rings. The van der Waals surface area contributed by atoms with E-state index in [-0.39, 0.29) is 5.54 Å². The first kappa shape index (κ1) is 14.0. The normalized spacial score (nSPS) is 14.3. The molecule has 90 valence electrons. The largest absolute Gasteiger partial charge is 0.476 e. The maximum absolute atomic E-state index is 10.5. The van der Waals surface area contributed by atoms with E-state index < -0.39 is 10.4 Å². The van der Waals surface area contributed by atoms with Crippen molar-refractivity contribution in [2.24, 2.45) is 0 Å². The Morgan fingerprint density at radius 1 is 1.40 bits per heavy atom. The maximum atomic E-state index is 10.5. The van der Waals surface area contributed by atoms with E-state index in [0.717, 1.165) is 4.74 Å². The van der Waals surface area contributed by atoms with Crippen LogP contribution in [0.5, 0.6) is 0 Å². The van der Waals surface area contributed by atoms with Crippen LogP contribution in [0.15, 0.2) is 0 Å². The van der Waals surface area contributed by atoms with Gasteiger partial charge in [-0.15, -0.1) is 0 Å². The Balaban J connectivity index is 4.84. The van der Waals surface area contributed by atoms with E-state index in [1.807, 2.05) is 20.8 Å². The molecule has 0 saturated carbocycles. The van der Waals surface area contributed by atoms with Crippen LogP contribution >= 0.6 is 0 Å². The fourth-order valence-corrected chi connectivity index (χ4v) is 1.19. The Morgan fingerprint density at radius 2 is 1.87 bits per heavy atom. The first-order chi connectivity index (χ1) is 6.55. The molecule has 0 amide bonds. The quantitative estimate of drug-likeness (QED) is 0.195. The van der Waals surface area contributed by atoms with Crippen LogP contribution in [0.3, 0.4) is 0 Å². The molecule has 0 rings (SSSR count). The summed E-state index contributed by atoms with van der Waals surface area (Å²) in [4.78, 5) is 0. The van der Waals surface area contributed by atoms with Crippen molar-refractivity contribution in [3.63, 3.8) is 0 Å². The second-order valence-electron chi connectivity index (χ2n) is 3.97. The molecule has 0 atom stereocenters. The average molecular weight is 240 g/mol. The molecular formula is C7H18N3O4S+. The van der Waals surface area contributed by atoms with Crippen molar-refractivity contribution in [1.82, 2.24) is 10.6 Å². The third kappa shape index (κ3) is 6.97. The van der Waals surface area contributed by atoms with Gasteiger partial charge in [0, 0.05) is 0 Å². The molecule has 0 radical (unpaired) electrons. The number of nitrogens with zero attached hydrogens (tertiary/aromatic N) is 1. The summed E-state index contributed by atoms with van der Waals surface area (Å²) in [6.45, 7) is 5.68. The minimum absolute atomic E-state index is 0.269. The molecule has 0 aromatic heterocycles. The zero-order chi connectivity index (χ0) is 12.3. The number of hydrogen-bond acceptors (Lipinski definition) is 3. The Morgan fingerprint density at radius 3 is 2.13 bits per heavy atom. The van der Waals surface area contributed by atoms with E-state index in [1.165, 1.54) is 7.05 Å². The predicted octanol–water partition coefficient (Wildman–Crippen LogP) is -0.673. The lowest BCUT2D eigenvalue weighted by Crippen LogP contribution is -2.50. The molecule has 0 saturated heterocycles. The van der Waals surface area contributed by atoms with Gasteiger partial charge in [0.1, 0.15) is 0 Å². The van der Waals surface area contributed by atoms with Crippen LogP contribution in [-0.2, 0) is 14.7 Å². The van der Waals surface area contributed by atoms with Crippen LogP contribution < -0.4 is 10.6 Å². The lowest BCUT2D eigenvalue weighted by atomic mass is 10.1. The Bertz CT molecular complexity index is 342. The summed E-state index contributed by atoms with van der Waals surface area (Å²) in [7, 11) is -1.57. The molecular weight excluding hydrogens is 222 g/mol. The minimum atomic E-state index is -4.51. The number of hydrogen-bond donors (Lipinski definition) is 3. The van der Waals surface area contributed by atoms with Gasteiger partial charge in [0.05, 0.1) is 19.6 Å². The molecule has 0 aromatic rings. The van der Waals surface area contributed by atoms with Crippen LogP contribution in [0.1, 0.15) is 20.8 Å². The third-order valence-electron chi connectivity index (χ3n) is 1.25. The Labute approximate surface area is 90.0 Å². The summed E-state index contributed by atoms with van der Waals surface area (Å²) in [5.74, 6) is 0.320. The molecule has 15 heavy (non-hydrogen) atoms. The second kappa shape index (κ2) is 4.67. The van der Waals surface area contributed by atoms with Gasteiger partial charge in [-0.3, -0.25) is 15.2 Å². The topological polar surface area (TPSA) is 90.7 Å². The summed E-state index contributed by atoms with van der Waals surface area (Å²) >= 11 is 0. The van der Waals surface area contributed by atoms with Crippen molar-refractivity contribution >= 4 is 16.4 Å². The zero-order valence-electron chi connectivity index (χ0n) is 9.53. The molecule has 0 aliphatic heterocycles. The predicted molar refractivity (Wildman–Crippen MR) is 55.8 cm³/mol. The first-order valence-electron chi connectivity index (χ1n) is 4.29. The summed E-state index contributed by atoms with van der Waals surface area (Å²) in [5.41, 5.74) is -0.269. The fourth-order valence-electron chi connectivity index (χ4n) is 0.832. The van der Waals surface area contributed by atoms with E-state index in [9.17, 15) is 8.42 Å². The standard InChI is InChI=1S/C7H17N3O4S/c1-7(2,3)9-6(8-4)10(5)14-15(11,12)13/h1-5H3,(H2,8,9,11,12,13)/p+1. The van der Waals surface area contributed by atoms with Crippen molar-refractivity contribution < 1.29 is 22.0 Å². The van der Waals surface area contributed by atoms with E-state index in [2.05, 4.69) is 14.9 Å². The summed E-state index contributed by atoms with van der Waals surface area (Å²) in [5, 5.41) is 5.67. The molecule has 7 nitrogen and oxygen atoms in total. The van der Waals surface area contributed by atoms with Gasteiger partial charge >= 0.3 is 16.4 Å². The molecule has 0 fully saturated rings. The van der Waals surface area contributed by atoms with Crippen LogP contribution in [0.2, 0.25) is 0 Å². The Hall–Kier alpha value is -1.02. The van der Waals surface area contributed by atoms with Crippen molar-refractivity contribution in [3.8, 4) is 0 Å². The molecule has 0 spiro atoms. The van der Waals surface area contributed by atoms with Crippen LogP contribution in [0.25, 0.3) is 0 Å². The second-order valence-corrected chi connectivity index (χ2v) is 4.98. The Kier molecular flexibility index (Phi) is 4.35. The first-order valence-corrected chi connectivity index (χ1v) is 5.65. The molecule has 3 N–H and O–H groups in total. The van der Waals surface area contributed by atoms with Crippen molar-refractivity contribution in [3.05, 3.63) is 0 Å². The molecule has 0 unspecified atom stereocenters. The van der Waals surface area contributed by atoms with Gasteiger partial charge in [-0.2, -0.15) is 8.42 Å². The van der Waals surface area contributed by atoms with Crippen molar-refractivity contribution in [2.75, 3.05) is 14.1 Å². The van der Waals surface area contributed by atoms with Gasteiger partial charge in [0.15, 0.2) is 0 Å². The minimum Gasteiger partial charge on any atom is -0.278 e. The van der Waals surface area contributed by atoms with E-state index >= 15 is 0 Å². The van der Waals surface area contributed by atoms with E-state index in [1.54, 1.807) is 7.05 Å². The SMILES string of the molecule is CN/C(NC(C)(C)C)=[N+](/C)OS(=O)(=O)O. The molecule has 8 heteroatoms.